The van der Waals surface area contributed by atoms with Gasteiger partial charge in [-0.15, -0.1) is 0 Å². The molecule has 1 saturated carbocycles. The van der Waals surface area contributed by atoms with Crippen molar-refractivity contribution in [3.8, 4) is 0 Å². The van der Waals surface area contributed by atoms with E-state index in [1.165, 1.54) is 6.07 Å². The maximum absolute atomic E-state index is 13.4. The lowest BCUT2D eigenvalue weighted by Crippen LogP contribution is -2.18. The molecular weight excluding hydrogens is 263 g/mol. The van der Waals surface area contributed by atoms with Gasteiger partial charge in [0.25, 0.3) is 5.69 Å². The number of methoxy groups -OCH3 is 1. The van der Waals surface area contributed by atoms with Crippen molar-refractivity contribution >= 4 is 11.4 Å². The molecule has 0 heterocycles. The topological polar surface area (TPSA) is 64.4 Å². The Labute approximate surface area is 117 Å². The predicted molar refractivity (Wildman–Crippen MR) is 74.4 cm³/mol. The Morgan fingerprint density at radius 1 is 1.50 bits per heavy atom. The summed E-state index contributed by atoms with van der Waals surface area (Å²) >= 11 is 0. The number of ether oxygens (including phenoxy) is 1. The number of nitrogens with one attached hydrogen (secondary N) is 1. The number of aryl methyl sites for hydroxylation is 1. The standard InChI is InChI=1S/C14H19FN2O3/c1-10-7-12(13(17(18)19)8-11(10)15)16-9-14(3-4-14)5-6-20-2/h7-8,16H,3-6,9H2,1-2H3. The molecule has 6 heteroatoms. The average Bonchev–Trinajstić information content (AvgIpc) is 3.18. The molecule has 0 unspecified atom stereocenters. The highest BCUT2D eigenvalue weighted by atomic mass is 19.1. The number of benzene rings is 1. The number of halogens is 1. The summed E-state index contributed by atoms with van der Waals surface area (Å²) in [5.41, 5.74) is 0.750. The number of rotatable bonds is 7. The number of hydrogen-bond acceptors (Lipinski definition) is 4. The van der Waals surface area contributed by atoms with Crippen LogP contribution in [-0.4, -0.2) is 25.2 Å². The van der Waals surface area contributed by atoms with Gasteiger partial charge in [-0.3, -0.25) is 10.1 Å². The van der Waals surface area contributed by atoms with E-state index in [0.717, 1.165) is 25.3 Å². The van der Waals surface area contributed by atoms with Gasteiger partial charge in [0.05, 0.1) is 11.0 Å². The Kier molecular flexibility index (Phi) is 4.23. The highest BCUT2D eigenvalue weighted by molar-refractivity contribution is 5.63. The van der Waals surface area contributed by atoms with E-state index >= 15 is 0 Å². The summed E-state index contributed by atoms with van der Waals surface area (Å²) in [4.78, 5) is 10.4. The minimum atomic E-state index is -0.556. The molecule has 20 heavy (non-hydrogen) atoms. The van der Waals surface area contributed by atoms with Crippen molar-refractivity contribution in [2.45, 2.75) is 26.2 Å². The summed E-state index contributed by atoms with van der Waals surface area (Å²) in [6, 6.07) is 2.48. The summed E-state index contributed by atoms with van der Waals surface area (Å²) in [5, 5.41) is 14.1. The Morgan fingerprint density at radius 2 is 2.20 bits per heavy atom. The zero-order valence-electron chi connectivity index (χ0n) is 11.7. The number of nitro groups is 1. The van der Waals surface area contributed by atoms with Crippen molar-refractivity contribution in [3.05, 3.63) is 33.6 Å². The molecule has 0 saturated heterocycles. The van der Waals surface area contributed by atoms with Gasteiger partial charge in [0.1, 0.15) is 11.5 Å². The van der Waals surface area contributed by atoms with E-state index in [9.17, 15) is 14.5 Å². The Balaban J connectivity index is 2.09. The Bertz CT molecular complexity index is 515. The van der Waals surface area contributed by atoms with E-state index < -0.39 is 10.7 Å². The van der Waals surface area contributed by atoms with Gasteiger partial charge < -0.3 is 10.1 Å². The van der Waals surface area contributed by atoms with Crippen molar-refractivity contribution in [2.75, 3.05) is 25.6 Å². The molecule has 5 nitrogen and oxygen atoms in total. The van der Waals surface area contributed by atoms with E-state index in [0.29, 0.717) is 24.4 Å². The first-order valence-corrected chi connectivity index (χ1v) is 6.65. The highest BCUT2D eigenvalue weighted by Crippen LogP contribution is 2.49. The Morgan fingerprint density at radius 3 is 2.75 bits per heavy atom. The van der Waals surface area contributed by atoms with Crippen LogP contribution in [0.2, 0.25) is 0 Å². The second-order valence-corrected chi connectivity index (χ2v) is 5.47. The average molecular weight is 282 g/mol. The first-order chi connectivity index (χ1) is 9.47. The zero-order chi connectivity index (χ0) is 14.8. The molecule has 0 radical (unpaired) electrons. The van der Waals surface area contributed by atoms with Crippen LogP contribution in [0, 0.1) is 28.3 Å². The molecule has 1 aliphatic carbocycles. The third-order valence-electron chi connectivity index (χ3n) is 3.92. The van der Waals surface area contributed by atoms with E-state index in [4.69, 9.17) is 4.74 Å². The summed E-state index contributed by atoms with van der Waals surface area (Å²) in [6.45, 7) is 2.94. The summed E-state index contributed by atoms with van der Waals surface area (Å²) in [7, 11) is 1.66. The third-order valence-corrected chi connectivity index (χ3v) is 3.92. The van der Waals surface area contributed by atoms with E-state index in [1.807, 2.05) is 0 Å². The molecule has 0 atom stereocenters. The van der Waals surface area contributed by atoms with Gasteiger partial charge in [-0.1, -0.05) is 0 Å². The van der Waals surface area contributed by atoms with Gasteiger partial charge in [-0.25, -0.2) is 4.39 Å². The van der Waals surface area contributed by atoms with Crippen molar-refractivity contribution in [3.63, 3.8) is 0 Å². The largest absolute Gasteiger partial charge is 0.385 e. The molecule has 0 spiro atoms. The van der Waals surface area contributed by atoms with Crippen LogP contribution in [0.4, 0.5) is 15.8 Å². The number of anilines is 1. The summed E-state index contributed by atoms with van der Waals surface area (Å²) < 4.78 is 18.5. The monoisotopic (exact) mass is 282 g/mol. The van der Waals surface area contributed by atoms with Crippen LogP contribution in [-0.2, 0) is 4.74 Å². The van der Waals surface area contributed by atoms with Gasteiger partial charge in [-0.2, -0.15) is 0 Å². The van der Waals surface area contributed by atoms with Crippen molar-refractivity contribution in [1.29, 1.82) is 0 Å². The molecule has 1 N–H and O–H groups in total. The maximum Gasteiger partial charge on any atom is 0.295 e. The minimum absolute atomic E-state index is 0.173. The SMILES string of the molecule is COCCC1(CNc2cc(C)c(F)cc2[N+](=O)[O-])CC1. The normalized spacial score (nSPS) is 15.9. The molecule has 1 aromatic carbocycles. The van der Waals surface area contributed by atoms with E-state index in [-0.39, 0.29) is 11.1 Å². The fraction of sp³-hybridized carbons (Fsp3) is 0.571. The smallest absolute Gasteiger partial charge is 0.295 e. The lowest BCUT2D eigenvalue weighted by atomic mass is 10.0. The maximum atomic E-state index is 13.4. The van der Waals surface area contributed by atoms with Gasteiger partial charge in [0.15, 0.2) is 0 Å². The van der Waals surface area contributed by atoms with Gasteiger partial charge in [0, 0.05) is 20.3 Å². The zero-order valence-corrected chi connectivity index (χ0v) is 11.7. The minimum Gasteiger partial charge on any atom is -0.385 e. The van der Waals surface area contributed by atoms with Crippen LogP contribution >= 0.6 is 0 Å². The highest BCUT2D eigenvalue weighted by Gasteiger charge is 2.42. The van der Waals surface area contributed by atoms with Crippen molar-refractivity contribution < 1.29 is 14.1 Å². The quantitative estimate of drug-likeness (QED) is 0.615. The summed E-state index contributed by atoms with van der Waals surface area (Å²) in [5.74, 6) is -0.553. The van der Waals surface area contributed by atoms with Crippen molar-refractivity contribution in [1.82, 2.24) is 0 Å². The molecule has 1 aliphatic rings. The molecule has 0 amide bonds. The van der Waals surface area contributed by atoms with Crippen LogP contribution in [0.5, 0.6) is 0 Å². The van der Waals surface area contributed by atoms with Gasteiger partial charge in [0.2, 0.25) is 0 Å². The second kappa shape index (κ2) is 5.75. The molecule has 0 aliphatic heterocycles. The summed E-state index contributed by atoms with van der Waals surface area (Å²) in [6.07, 6.45) is 3.12. The second-order valence-electron chi connectivity index (χ2n) is 5.47. The Hall–Kier alpha value is -1.69. The third kappa shape index (κ3) is 3.25. The molecule has 2 rings (SSSR count). The van der Waals surface area contributed by atoms with E-state index in [1.54, 1.807) is 14.0 Å². The van der Waals surface area contributed by atoms with Crippen LogP contribution < -0.4 is 5.32 Å². The molecule has 110 valence electrons. The lowest BCUT2D eigenvalue weighted by Gasteiger charge is -2.16. The van der Waals surface area contributed by atoms with Gasteiger partial charge >= 0.3 is 0 Å². The first-order valence-electron chi connectivity index (χ1n) is 6.65. The fourth-order valence-corrected chi connectivity index (χ4v) is 2.26. The molecule has 0 bridgehead atoms. The molecule has 0 aromatic heterocycles. The van der Waals surface area contributed by atoms with Crippen LogP contribution in [0.1, 0.15) is 24.8 Å². The van der Waals surface area contributed by atoms with Crippen LogP contribution in [0.15, 0.2) is 12.1 Å². The predicted octanol–water partition coefficient (Wildman–Crippen LogP) is 3.27. The first kappa shape index (κ1) is 14.7. The van der Waals surface area contributed by atoms with Crippen LogP contribution in [0.3, 0.4) is 0 Å². The fourth-order valence-electron chi connectivity index (χ4n) is 2.26. The molecule has 1 aromatic rings. The number of nitrogens with zero attached hydrogens (tertiary/aromatic N) is 1. The van der Waals surface area contributed by atoms with Crippen molar-refractivity contribution in [2.24, 2.45) is 5.41 Å². The van der Waals surface area contributed by atoms with E-state index in [2.05, 4.69) is 5.32 Å². The van der Waals surface area contributed by atoms with Gasteiger partial charge in [-0.05, 0) is 43.2 Å². The molecule has 1 fully saturated rings. The number of hydrogen-bond donors (Lipinski definition) is 1. The lowest BCUT2D eigenvalue weighted by molar-refractivity contribution is -0.384. The molecular formula is C14H19FN2O3. The van der Waals surface area contributed by atoms with Crippen LogP contribution in [0.25, 0.3) is 0 Å². The number of nitro benzene ring substituents is 1.